The van der Waals surface area contributed by atoms with Crippen LogP contribution in [0.2, 0.25) is 5.02 Å². The number of halogens is 1. The van der Waals surface area contributed by atoms with Gasteiger partial charge in [-0.3, -0.25) is 4.79 Å². The highest BCUT2D eigenvalue weighted by Gasteiger charge is 2.13. The quantitative estimate of drug-likeness (QED) is 0.458. The first-order valence-corrected chi connectivity index (χ1v) is 10.1. The van der Waals surface area contributed by atoms with E-state index in [1.807, 2.05) is 50.2 Å². The third-order valence-electron chi connectivity index (χ3n) is 4.77. The van der Waals surface area contributed by atoms with Crippen LogP contribution in [0, 0.1) is 6.92 Å². The third-order valence-corrected chi connectivity index (χ3v) is 5.06. The molecule has 0 aliphatic carbocycles. The molecule has 31 heavy (non-hydrogen) atoms. The number of nitrogens with zero attached hydrogens (tertiary/aromatic N) is 3. The molecule has 0 saturated heterocycles. The molecule has 1 N–H and O–H groups in total. The van der Waals surface area contributed by atoms with Gasteiger partial charge in [0.15, 0.2) is 0 Å². The lowest BCUT2D eigenvalue weighted by molar-refractivity contribution is 0.102. The van der Waals surface area contributed by atoms with E-state index in [1.54, 1.807) is 23.0 Å². The smallest absolute Gasteiger partial charge is 0.255 e. The Kier molecular flexibility index (Phi) is 5.77. The van der Waals surface area contributed by atoms with Crippen molar-refractivity contribution in [2.45, 2.75) is 13.8 Å². The van der Waals surface area contributed by atoms with Gasteiger partial charge in [-0.2, -0.15) is 4.80 Å². The molecule has 7 nitrogen and oxygen atoms in total. The molecule has 158 valence electrons. The van der Waals surface area contributed by atoms with Gasteiger partial charge in [0.05, 0.1) is 24.4 Å². The Bertz CT molecular complexity index is 1250. The molecule has 1 aromatic heterocycles. The zero-order valence-electron chi connectivity index (χ0n) is 17.3. The Morgan fingerprint density at radius 2 is 1.77 bits per heavy atom. The predicted molar refractivity (Wildman–Crippen MR) is 121 cm³/mol. The summed E-state index contributed by atoms with van der Waals surface area (Å²) in [5, 5.41) is 12.4. The second-order valence-corrected chi connectivity index (χ2v) is 7.28. The number of carbonyl (C=O) groups is 1. The third kappa shape index (κ3) is 4.32. The predicted octanol–water partition coefficient (Wildman–Crippen LogP) is 5.04. The molecule has 0 aliphatic rings. The van der Waals surface area contributed by atoms with Crippen LogP contribution in [0.15, 0.2) is 54.6 Å². The number of benzene rings is 3. The Balaban J connectivity index is 1.60. The molecule has 4 rings (SSSR count). The monoisotopic (exact) mass is 436 g/mol. The number of hydrogen-bond acceptors (Lipinski definition) is 5. The summed E-state index contributed by atoms with van der Waals surface area (Å²) in [6.07, 6.45) is 0. The van der Waals surface area contributed by atoms with Crippen molar-refractivity contribution in [1.82, 2.24) is 15.0 Å². The topological polar surface area (TPSA) is 78.3 Å². The van der Waals surface area contributed by atoms with E-state index in [1.165, 1.54) is 7.11 Å². The van der Waals surface area contributed by atoms with Crippen LogP contribution in [-0.4, -0.2) is 34.6 Å². The maximum absolute atomic E-state index is 12.7. The fourth-order valence-electron chi connectivity index (χ4n) is 3.16. The van der Waals surface area contributed by atoms with Crippen molar-refractivity contribution in [3.8, 4) is 17.2 Å². The second-order valence-electron chi connectivity index (χ2n) is 6.88. The minimum absolute atomic E-state index is 0.272. The largest absolute Gasteiger partial charge is 0.495 e. The number of rotatable bonds is 6. The Morgan fingerprint density at radius 1 is 1.06 bits per heavy atom. The number of ether oxygens (including phenoxy) is 2. The van der Waals surface area contributed by atoms with Gasteiger partial charge in [0.2, 0.25) is 0 Å². The van der Waals surface area contributed by atoms with Gasteiger partial charge >= 0.3 is 0 Å². The molecule has 8 heteroatoms. The van der Waals surface area contributed by atoms with Gasteiger partial charge in [0, 0.05) is 11.3 Å². The van der Waals surface area contributed by atoms with Crippen LogP contribution in [0.25, 0.3) is 16.7 Å². The van der Waals surface area contributed by atoms with E-state index in [-0.39, 0.29) is 5.91 Å². The summed E-state index contributed by atoms with van der Waals surface area (Å²) >= 11 is 6.14. The van der Waals surface area contributed by atoms with Gasteiger partial charge in [0.25, 0.3) is 5.91 Å². The summed E-state index contributed by atoms with van der Waals surface area (Å²) in [6.45, 7) is 4.46. The summed E-state index contributed by atoms with van der Waals surface area (Å²) in [4.78, 5) is 14.3. The van der Waals surface area contributed by atoms with Crippen molar-refractivity contribution in [1.29, 1.82) is 0 Å². The summed E-state index contributed by atoms with van der Waals surface area (Å²) in [5.74, 6) is 1.04. The van der Waals surface area contributed by atoms with Crippen LogP contribution >= 0.6 is 11.6 Å². The van der Waals surface area contributed by atoms with E-state index in [9.17, 15) is 4.79 Å². The molecular formula is C23H21ClN4O3. The summed E-state index contributed by atoms with van der Waals surface area (Å²) in [6, 6.07) is 16.2. The highest BCUT2D eigenvalue weighted by Crippen LogP contribution is 2.27. The van der Waals surface area contributed by atoms with Crippen LogP contribution in [0.3, 0.4) is 0 Å². The minimum Gasteiger partial charge on any atom is -0.495 e. The molecule has 0 atom stereocenters. The normalized spacial score (nSPS) is 10.8. The van der Waals surface area contributed by atoms with Crippen LogP contribution in [0.4, 0.5) is 5.69 Å². The number of aromatic nitrogens is 3. The van der Waals surface area contributed by atoms with Crippen molar-refractivity contribution < 1.29 is 14.3 Å². The maximum Gasteiger partial charge on any atom is 0.255 e. The van der Waals surface area contributed by atoms with E-state index in [0.29, 0.717) is 34.1 Å². The van der Waals surface area contributed by atoms with Crippen molar-refractivity contribution in [2.75, 3.05) is 19.0 Å². The number of anilines is 1. The summed E-state index contributed by atoms with van der Waals surface area (Å²) in [5.41, 5.74) is 4.18. The molecule has 0 unspecified atom stereocenters. The standard InChI is InChI=1S/C23H21ClN4O3/c1-4-31-17-8-6-16(7-9-17)28-26-20-11-14(2)19(13-21(20)27-28)25-23(29)15-5-10-22(30-3)18(24)12-15/h5-13H,4H2,1-3H3,(H,25,29). The van der Waals surface area contributed by atoms with E-state index in [2.05, 4.69) is 15.5 Å². The molecule has 3 aromatic carbocycles. The van der Waals surface area contributed by atoms with Crippen LogP contribution in [0.1, 0.15) is 22.8 Å². The molecule has 0 spiro atoms. The Hall–Kier alpha value is -3.58. The second kappa shape index (κ2) is 8.65. The lowest BCUT2D eigenvalue weighted by Gasteiger charge is -2.09. The van der Waals surface area contributed by atoms with Gasteiger partial charge in [0.1, 0.15) is 22.5 Å². The van der Waals surface area contributed by atoms with Crippen LogP contribution in [0.5, 0.6) is 11.5 Å². The average molecular weight is 437 g/mol. The average Bonchev–Trinajstić information content (AvgIpc) is 3.17. The molecule has 0 fully saturated rings. The first-order valence-electron chi connectivity index (χ1n) is 9.74. The number of fused-ring (bicyclic) bond motifs is 1. The molecule has 0 saturated carbocycles. The number of amides is 1. The van der Waals surface area contributed by atoms with Crippen molar-refractivity contribution >= 4 is 34.2 Å². The van der Waals surface area contributed by atoms with E-state index >= 15 is 0 Å². The SMILES string of the molecule is CCOc1ccc(-n2nc3cc(C)c(NC(=O)c4ccc(OC)c(Cl)c4)cc3n2)cc1. The molecule has 4 aromatic rings. The number of nitrogens with one attached hydrogen (secondary N) is 1. The Morgan fingerprint density at radius 3 is 2.42 bits per heavy atom. The molecule has 1 amide bonds. The number of carbonyl (C=O) groups excluding carboxylic acids is 1. The number of hydrogen-bond donors (Lipinski definition) is 1. The van der Waals surface area contributed by atoms with Crippen molar-refractivity contribution in [3.63, 3.8) is 0 Å². The fraction of sp³-hybridized carbons (Fsp3) is 0.174. The summed E-state index contributed by atoms with van der Waals surface area (Å²) < 4.78 is 10.6. The number of aryl methyl sites for hydroxylation is 1. The minimum atomic E-state index is -0.272. The van der Waals surface area contributed by atoms with E-state index < -0.39 is 0 Å². The van der Waals surface area contributed by atoms with Crippen molar-refractivity contribution in [2.24, 2.45) is 0 Å². The lowest BCUT2D eigenvalue weighted by atomic mass is 10.1. The number of methoxy groups -OCH3 is 1. The van der Waals surface area contributed by atoms with Gasteiger partial charge in [-0.25, -0.2) is 0 Å². The zero-order valence-corrected chi connectivity index (χ0v) is 18.1. The summed E-state index contributed by atoms with van der Waals surface area (Å²) in [7, 11) is 1.53. The van der Waals surface area contributed by atoms with E-state index in [4.69, 9.17) is 21.1 Å². The van der Waals surface area contributed by atoms with Gasteiger partial charge in [-0.05, 0) is 74.0 Å². The molecule has 0 radical (unpaired) electrons. The first-order chi connectivity index (χ1) is 15.0. The van der Waals surface area contributed by atoms with Gasteiger partial charge < -0.3 is 14.8 Å². The maximum atomic E-state index is 12.7. The Labute approximate surface area is 184 Å². The highest BCUT2D eigenvalue weighted by molar-refractivity contribution is 6.32. The van der Waals surface area contributed by atoms with Gasteiger partial charge in [-0.1, -0.05) is 11.6 Å². The molecule has 0 aliphatic heterocycles. The molecular weight excluding hydrogens is 416 g/mol. The van der Waals surface area contributed by atoms with Crippen molar-refractivity contribution in [3.05, 3.63) is 70.7 Å². The van der Waals surface area contributed by atoms with Gasteiger partial charge in [-0.15, -0.1) is 10.2 Å². The van der Waals surface area contributed by atoms with Crippen LogP contribution in [-0.2, 0) is 0 Å². The molecule has 1 heterocycles. The first kappa shape index (κ1) is 20.7. The fourth-order valence-corrected chi connectivity index (χ4v) is 3.42. The lowest BCUT2D eigenvalue weighted by Crippen LogP contribution is -2.12. The zero-order chi connectivity index (χ0) is 22.0. The van der Waals surface area contributed by atoms with Crippen LogP contribution < -0.4 is 14.8 Å². The van der Waals surface area contributed by atoms with E-state index in [0.717, 1.165) is 22.5 Å². The molecule has 0 bridgehead atoms. The highest BCUT2D eigenvalue weighted by atomic mass is 35.5.